The predicted octanol–water partition coefficient (Wildman–Crippen LogP) is 0.678. The Bertz CT molecular complexity index is 878. The van der Waals surface area contributed by atoms with Crippen molar-refractivity contribution in [3.63, 3.8) is 0 Å². The minimum atomic E-state index is -0.199. The lowest BCUT2D eigenvalue weighted by molar-refractivity contribution is -0.129. The summed E-state index contributed by atoms with van der Waals surface area (Å²) in [6.07, 6.45) is 2.51. The normalized spacial score (nSPS) is 14.1. The predicted molar refractivity (Wildman–Crippen MR) is 117 cm³/mol. The van der Waals surface area contributed by atoms with Crippen LogP contribution < -0.4 is 21.5 Å². The number of amides is 1. The summed E-state index contributed by atoms with van der Waals surface area (Å²) >= 11 is 0. The van der Waals surface area contributed by atoms with Crippen molar-refractivity contribution in [2.45, 2.75) is 13.3 Å². The van der Waals surface area contributed by atoms with Crippen molar-refractivity contribution in [1.29, 1.82) is 0 Å². The van der Waals surface area contributed by atoms with Crippen molar-refractivity contribution in [3.8, 4) is 5.69 Å². The van der Waals surface area contributed by atoms with Crippen LogP contribution in [0.25, 0.3) is 5.69 Å². The molecule has 2 heterocycles. The van der Waals surface area contributed by atoms with Gasteiger partial charge in [0.2, 0.25) is 5.91 Å². The van der Waals surface area contributed by atoms with Crippen LogP contribution in [0.15, 0.2) is 41.3 Å². The van der Waals surface area contributed by atoms with Crippen LogP contribution in [0.4, 0.5) is 11.4 Å². The van der Waals surface area contributed by atoms with E-state index in [4.69, 9.17) is 10.5 Å². The van der Waals surface area contributed by atoms with E-state index in [-0.39, 0.29) is 18.0 Å². The van der Waals surface area contributed by atoms with E-state index in [1.165, 1.54) is 4.68 Å². The molecule has 1 saturated heterocycles. The zero-order valence-corrected chi connectivity index (χ0v) is 17.4. The Balaban J connectivity index is 1.83. The highest BCUT2D eigenvalue weighted by Gasteiger charge is 2.24. The molecule has 0 bridgehead atoms. The zero-order valence-electron chi connectivity index (χ0n) is 17.4. The van der Waals surface area contributed by atoms with Gasteiger partial charge in [-0.05, 0) is 25.5 Å². The molecule has 0 spiro atoms. The highest BCUT2D eigenvalue weighted by molar-refractivity contribution is 5.78. The van der Waals surface area contributed by atoms with E-state index >= 15 is 0 Å². The fourth-order valence-corrected chi connectivity index (χ4v) is 3.46. The maximum atomic E-state index is 13.3. The van der Waals surface area contributed by atoms with Crippen molar-refractivity contribution in [1.82, 2.24) is 14.7 Å². The van der Waals surface area contributed by atoms with Gasteiger partial charge >= 0.3 is 0 Å². The number of nitrogens with two attached hydrogens (primary N) is 1. The first-order chi connectivity index (χ1) is 14.7. The van der Waals surface area contributed by atoms with Gasteiger partial charge in [-0.1, -0.05) is 18.2 Å². The molecule has 1 aliphatic rings. The van der Waals surface area contributed by atoms with E-state index < -0.39 is 0 Å². The zero-order chi connectivity index (χ0) is 21.3. The third-order valence-corrected chi connectivity index (χ3v) is 5.08. The molecular formula is C21H30N6O3. The number of nitrogens with one attached hydrogen (secondary N) is 1. The van der Waals surface area contributed by atoms with Gasteiger partial charge in [0.05, 0.1) is 24.1 Å². The summed E-state index contributed by atoms with van der Waals surface area (Å²) in [5.41, 5.74) is 7.26. The van der Waals surface area contributed by atoms with Crippen molar-refractivity contribution in [2.75, 3.05) is 62.7 Å². The molecule has 0 unspecified atom stereocenters. The number of para-hydroxylation sites is 1. The molecule has 9 heteroatoms. The van der Waals surface area contributed by atoms with Crippen LogP contribution in [0, 0.1) is 0 Å². The van der Waals surface area contributed by atoms with E-state index in [0.29, 0.717) is 57.3 Å². The SMILES string of the molecule is CCOCCCNc1c(N2CCN(C(=O)CN)CC2)cnn(-c2ccccc2)c1=O. The van der Waals surface area contributed by atoms with Gasteiger partial charge in [0, 0.05) is 45.9 Å². The monoisotopic (exact) mass is 414 g/mol. The first-order valence-corrected chi connectivity index (χ1v) is 10.4. The molecule has 3 N–H and O–H groups in total. The molecule has 1 aromatic heterocycles. The summed E-state index contributed by atoms with van der Waals surface area (Å²) in [6, 6.07) is 9.35. The highest BCUT2D eigenvalue weighted by atomic mass is 16.5. The lowest BCUT2D eigenvalue weighted by Crippen LogP contribution is -2.50. The summed E-state index contributed by atoms with van der Waals surface area (Å²) in [5, 5.41) is 7.71. The molecule has 0 radical (unpaired) electrons. The first-order valence-electron chi connectivity index (χ1n) is 10.4. The van der Waals surface area contributed by atoms with E-state index in [9.17, 15) is 9.59 Å². The third kappa shape index (κ3) is 5.17. The molecule has 1 fully saturated rings. The molecule has 1 aromatic carbocycles. The van der Waals surface area contributed by atoms with Crippen molar-refractivity contribution in [2.24, 2.45) is 5.73 Å². The second-order valence-electron chi connectivity index (χ2n) is 7.01. The van der Waals surface area contributed by atoms with Crippen LogP contribution in [0.5, 0.6) is 0 Å². The van der Waals surface area contributed by atoms with Gasteiger partial charge in [0.1, 0.15) is 5.69 Å². The Hall–Kier alpha value is -2.91. The number of hydrogen-bond donors (Lipinski definition) is 2. The van der Waals surface area contributed by atoms with Crippen molar-refractivity contribution in [3.05, 3.63) is 46.9 Å². The van der Waals surface area contributed by atoms with Crippen molar-refractivity contribution < 1.29 is 9.53 Å². The minimum absolute atomic E-state index is 0.0152. The number of ether oxygens (including phenoxy) is 1. The highest BCUT2D eigenvalue weighted by Crippen LogP contribution is 2.23. The number of anilines is 2. The van der Waals surface area contributed by atoms with E-state index in [2.05, 4.69) is 15.3 Å². The summed E-state index contributed by atoms with van der Waals surface area (Å²) in [7, 11) is 0. The Labute approximate surface area is 176 Å². The largest absolute Gasteiger partial charge is 0.382 e. The van der Waals surface area contributed by atoms with Gasteiger partial charge in [0.25, 0.3) is 5.56 Å². The molecule has 30 heavy (non-hydrogen) atoms. The molecule has 3 rings (SSSR count). The average Bonchev–Trinajstić information content (AvgIpc) is 2.80. The topological polar surface area (TPSA) is 106 Å². The maximum absolute atomic E-state index is 13.3. The molecular weight excluding hydrogens is 384 g/mol. The summed E-state index contributed by atoms with van der Waals surface area (Å²) in [6.45, 7) is 6.29. The Morgan fingerprint density at radius 3 is 2.60 bits per heavy atom. The lowest BCUT2D eigenvalue weighted by Gasteiger charge is -2.36. The number of rotatable bonds is 9. The van der Waals surface area contributed by atoms with Gasteiger partial charge < -0.3 is 25.6 Å². The molecule has 0 saturated carbocycles. The first kappa shape index (κ1) is 21.8. The standard InChI is InChI=1S/C21H30N6O3/c1-2-30-14-6-9-23-20-18(25-10-12-26(13-11-25)19(28)15-22)16-24-27(21(20)29)17-7-4-3-5-8-17/h3-5,7-8,16,23H,2,6,9-15,22H2,1H3. The number of carbonyl (C=O) groups is 1. The van der Waals surface area contributed by atoms with Crippen LogP contribution in [-0.2, 0) is 9.53 Å². The van der Waals surface area contributed by atoms with Gasteiger partial charge in [-0.2, -0.15) is 9.78 Å². The number of nitrogens with zero attached hydrogens (tertiary/aromatic N) is 4. The smallest absolute Gasteiger partial charge is 0.296 e. The van der Waals surface area contributed by atoms with E-state index in [1.807, 2.05) is 37.3 Å². The van der Waals surface area contributed by atoms with Crippen LogP contribution in [0.2, 0.25) is 0 Å². The molecule has 9 nitrogen and oxygen atoms in total. The Morgan fingerprint density at radius 2 is 1.93 bits per heavy atom. The second-order valence-corrected chi connectivity index (χ2v) is 7.01. The van der Waals surface area contributed by atoms with Crippen LogP contribution in [0.1, 0.15) is 13.3 Å². The Kier molecular flexibility index (Phi) is 7.81. The molecule has 1 amide bonds. The quantitative estimate of drug-likeness (QED) is 0.581. The molecule has 2 aromatic rings. The van der Waals surface area contributed by atoms with Gasteiger partial charge in [0.15, 0.2) is 0 Å². The fraction of sp³-hybridized carbons (Fsp3) is 0.476. The van der Waals surface area contributed by atoms with Gasteiger partial charge in [-0.15, -0.1) is 0 Å². The van der Waals surface area contributed by atoms with Gasteiger partial charge in [-0.3, -0.25) is 9.59 Å². The maximum Gasteiger partial charge on any atom is 0.296 e. The minimum Gasteiger partial charge on any atom is -0.382 e. The number of piperazine rings is 1. The number of aromatic nitrogens is 2. The number of benzene rings is 1. The van der Waals surface area contributed by atoms with Crippen LogP contribution >= 0.6 is 0 Å². The Morgan fingerprint density at radius 1 is 1.20 bits per heavy atom. The van der Waals surface area contributed by atoms with Crippen LogP contribution in [-0.4, -0.2) is 73.1 Å². The molecule has 162 valence electrons. The summed E-state index contributed by atoms with van der Waals surface area (Å²) in [4.78, 5) is 29.0. The third-order valence-electron chi connectivity index (χ3n) is 5.08. The van der Waals surface area contributed by atoms with Crippen molar-refractivity contribution >= 4 is 17.3 Å². The summed E-state index contributed by atoms with van der Waals surface area (Å²) in [5.74, 6) is -0.0541. The molecule has 0 aliphatic carbocycles. The molecule has 1 aliphatic heterocycles. The number of hydrogen-bond acceptors (Lipinski definition) is 7. The van der Waals surface area contributed by atoms with E-state index in [1.54, 1.807) is 11.1 Å². The number of carbonyl (C=O) groups excluding carboxylic acids is 1. The second kappa shape index (κ2) is 10.7. The molecule has 0 atom stereocenters. The van der Waals surface area contributed by atoms with Gasteiger partial charge in [-0.25, -0.2) is 0 Å². The van der Waals surface area contributed by atoms with Crippen LogP contribution in [0.3, 0.4) is 0 Å². The summed E-state index contributed by atoms with van der Waals surface area (Å²) < 4.78 is 6.80. The van der Waals surface area contributed by atoms with E-state index in [0.717, 1.165) is 12.1 Å². The average molecular weight is 415 g/mol. The lowest BCUT2D eigenvalue weighted by atomic mass is 10.2. The fourth-order valence-electron chi connectivity index (χ4n) is 3.46.